The molecule has 1 aliphatic rings. The van der Waals surface area contributed by atoms with Gasteiger partial charge in [0.05, 0.1) is 0 Å². The first-order valence-electron chi connectivity index (χ1n) is 5.56. The first-order chi connectivity index (χ1) is 6.73. The van der Waals surface area contributed by atoms with E-state index in [-0.39, 0.29) is 5.54 Å². The van der Waals surface area contributed by atoms with Gasteiger partial charge in [-0.2, -0.15) is 0 Å². The minimum atomic E-state index is 0.287. The summed E-state index contributed by atoms with van der Waals surface area (Å²) in [4.78, 5) is 0. The maximum Gasteiger partial charge on any atom is 0.0436 e. The van der Waals surface area contributed by atoms with Gasteiger partial charge >= 0.3 is 0 Å². The molecule has 0 unspecified atom stereocenters. The summed E-state index contributed by atoms with van der Waals surface area (Å²) in [5, 5.41) is 3.71. The molecular formula is C13H19N. The van der Waals surface area contributed by atoms with Crippen molar-refractivity contribution in [3.8, 4) is 0 Å². The topological polar surface area (TPSA) is 12.0 Å². The molecule has 0 spiro atoms. The van der Waals surface area contributed by atoms with Crippen molar-refractivity contribution < 1.29 is 0 Å². The van der Waals surface area contributed by atoms with Crippen molar-refractivity contribution in [1.82, 2.24) is 5.32 Å². The lowest BCUT2D eigenvalue weighted by Crippen LogP contribution is -2.50. The fraction of sp³-hybridized carbons (Fsp3) is 0.538. The average Bonchev–Trinajstić information content (AvgIpc) is 2.12. The summed E-state index contributed by atoms with van der Waals surface area (Å²) >= 11 is 0. The molecule has 76 valence electrons. The highest BCUT2D eigenvalue weighted by molar-refractivity contribution is 5.27. The molecule has 0 radical (unpaired) electrons. The Bertz CT molecular complexity index is 285. The lowest BCUT2D eigenvalue weighted by molar-refractivity contribution is 0.171. The molecule has 0 amide bonds. The second kappa shape index (κ2) is 3.74. The van der Waals surface area contributed by atoms with Gasteiger partial charge in [0.1, 0.15) is 0 Å². The Morgan fingerprint density at radius 1 is 1.14 bits per heavy atom. The van der Waals surface area contributed by atoms with E-state index in [2.05, 4.69) is 49.5 Å². The number of hydrogen-bond acceptors (Lipinski definition) is 1. The van der Waals surface area contributed by atoms with Gasteiger partial charge in [-0.1, -0.05) is 44.2 Å². The smallest absolute Gasteiger partial charge is 0.0436 e. The van der Waals surface area contributed by atoms with Crippen LogP contribution in [-0.4, -0.2) is 6.04 Å². The van der Waals surface area contributed by atoms with E-state index in [9.17, 15) is 0 Å². The van der Waals surface area contributed by atoms with Crippen LogP contribution in [0.3, 0.4) is 0 Å². The zero-order valence-electron chi connectivity index (χ0n) is 9.09. The highest BCUT2D eigenvalue weighted by Gasteiger charge is 2.38. The van der Waals surface area contributed by atoms with E-state index >= 15 is 0 Å². The fourth-order valence-electron chi connectivity index (χ4n) is 2.36. The van der Waals surface area contributed by atoms with Crippen LogP contribution in [0.4, 0.5) is 0 Å². The largest absolute Gasteiger partial charge is 0.305 e. The summed E-state index contributed by atoms with van der Waals surface area (Å²) in [6.07, 6.45) is 3.93. The van der Waals surface area contributed by atoms with Crippen LogP contribution >= 0.6 is 0 Å². The zero-order chi connectivity index (χ0) is 10.0. The van der Waals surface area contributed by atoms with Gasteiger partial charge in [0.25, 0.3) is 0 Å². The minimum absolute atomic E-state index is 0.287. The van der Waals surface area contributed by atoms with Crippen LogP contribution in [0.15, 0.2) is 30.3 Å². The van der Waals surface area contributed by atoms with E-state index in [1.165, 1.54) is 24.8 Å². The quantitative estimate of drug-likeness (QED) is 0.770. The molecule has 1 nitrogen and oxygen atoms in total. The van der Waals surface area contributed by atoms with Crippen molar-refractivity contribution in [3.63, 3.8) is 0 Å². The summed E-state index contributed by atoms with van der Waals surface area (Å²) in [6.45, 7) is 4.45. The van der Waals surface area contributed by atoms with Crippen molar-refractivity contribution in [2.75, 3.05) is 0 Å². The van der Waals surface area contributed by atoms with E-state index < -0.39 is 0 Å². The predicted molar refractivity (Wildman–Crippen MR) is 60.2 cm³/mol. The van der Waals surface area contributed by atoms with Crippen LogP contribution in [0.2, 0.25) is 0 Å². The van der Waals surface area contributed by atoms with E-state index in [0.29, 0.717) is 6.04 Å². The molecule has 1 aromatic carbocycles. The van der Waals surface area contributed by atoms with Gasteiger partial charge in [0.15, 0.2) is 0 Å². The van der Waals surface area contributed by atoms with Gasteiger partial charge in [-0.15, -0.1) is 0 Å². The van der Waals surface area contributed by atoms with Crippen molar-refractivity contribution >= 4 is 0 Å². The number of rotatable bonds is 3. The van der Waals surface area contributed by atoms with E-state index in [1.54, 1.807) is 0 Å². The number of hydrogen-bond donors (Lipinski definition) is 1. The molecule has 1 aromatic rings. The SMILES string of the molecule is CC(C)NC1(c2ccccc2)CCC1. The molecule has 0 heterocycles. The van der Waals surface area contributed by atoms with E-state index in [4.69, 9.17) is 0 Å². The van der Waals surface area contributed by atoms with Crippen LogP contribution < -0.4 is 5.32 Å². The monoisotopic (exact) mass is 189 g/mol. The second-order valence-corrected chi connectivity index (χ2v) is 4.60. The fourth-order valence-corrected chi connectivity index (χ4v) is 2.36. The summed E-state index contributed by atoms with van der Waals surface area (Å²) < 4.78 is 0. The first-order valence-corrected chi connectivity index (χ1v) is 5.56. The van der Waals surface area contributed by atoms with Crippen LogP contribution in [0, 0.1) is 0 Å². The third kappa shape index (κ3) is 1.69. The van der Waals surface area contributed by atoms with Gasteiger partial charge in [-0.3, -0.25) is 0 Å². The molecule has 14 heavy (non-hydrogen) atoms. The van der Waals surface area contributed by atoms with Crippen LogP contribution in [0.25, 0.3) is 0 Å². The van der Waals surface area contributed by atoms with Gasteiger partial charge < -0.3 is 5.32 Å². The maximum atomic E-state index is 3.71. The summed E-state index contributed by atoms with van der Waals surface area (Å²) in [5.41, 5.74) is 1.75. The molecule has 0 aliphatic heterocycles. The Morgan fingerprint density at radius 2 is 1.79 bits per heavy atom. The zero-order valence-corrected chi connectivity index (χ0v) is 9.09. The maximum absolute atomic E-state index is 3.71. The Balaban J connectivity index is 2.20. The Labute approximate surface area is 86.5 Å². The summed E-state index contributed by atoms with van der Waals surface area (Å²) in [7, 11) is 0. The molecule has 2 rings (SSSR count). The third-order valence-corrected chi connectivity index (χ3v) is 3.10. The summed E-state index contributed by atoms with van der Waals surface area (Å²) in [5.74, 6) is 0. The van der Waals surface area contributed by atoms with Crippen LogP contribution in [-0.2, 0) is 5.54 Å². The van der Waals surface area contributed by atoms with Gasteiger partial charge in [-0.05, 0) is 24.8 Å². The minimum Gasteiger partial charge on any atom is -0.305 e. The third-order valence-electron chi connectivity index (χ3n) is 3.10. The summed E-state index contributed by atoms with van der Waals surface area (Å²) in [6, 6.07) is 11.4. The first kappa shape index (κ1) is 9.72. The normalized spacial score (nSPS) is 19.4. The average molecular weight is 189 g/mol. The van der Waals surface area contributed by atoms with Crippen molar-refractivity contribution in [2.24, 2.45) is 0 Å². The van der Waals surface area contributed by atoms with Gasteiger partial charge in [-0.25, -0.2) is 0 Å². The number of benzene rings is 1. The second-order valence-electron chi connectivity index (χ2n) is 4.60. The Morgan fingerprint density at radius 3 is 2.21 bits per heavy atom. The molecule has 1 aliphatic carbocycles. The molecule has 0 atom stereocenters. The lowest BCUT2D eigenvalue weighted by atomic mass is 9.71. The highest BCUT2D eigenvalue weighted by atomic mass is 15.0. The standard InChI is InChI=1S/C13H19N/c1-11(2)14-13(9-6-10-13)12-7-4-3-5-8-12/h3-5,7-8,11,14H,6,9-10H2,1-2H3. The molecule has 1 heteroatoms. The molecule has 0 saturated heterocycles. The Hall–Kier alpha value is -0.820. The van der Waals surface area contributed by atoms with Crippen molar-refractivity contribution in [3.05, 3.63) is 35.9 Å². The van der Waals surface area contributed by atoms with Gasteiger partial charge in [0, 0.05) is 11.6 Å². The van der Waals surface area contributed by atoms with Gasteiger partial charge in [0.2, 0.25) is 0 Å². The molecular weight excluding hydrogens is 170 g/mol. The van der Waals surface area contributed by atoms with Crippen molar-refractivity contribution in [2.45, 2.75) is 44.7 Å². The Kier molecular flexibility index (Phi) is 2.60. The predicted octanol–water partition coefficient (Wildman–Crippen LogP) is 3.06. The molecule has 1 N–H and O–H groups in total. The lowest BCUT2D eigenvalue weighted by Gasteiger charge is -2.44. The highest BCUT2D eigenvalue weighted by Crippen LogP contribution is 2.41. The van der Waals surface area contributed by atoms with Crippen LogP contribution in [0.5, 0.6) is 0 Å². The van der Waals surface area contributed by atoms with E-state index in [1.807, 2.05) is 0 Å². The molecule has 0 aromatic heterocycles. The van der Waals surface area contributed by atoms with E-state index in [0.717, 1.165) is 0 Å². The molecule has 1 saturated carbocycles. The van der Waals surface area contributed by atoms with Crippen molar-refractivity contribution in [1.29, 1.82) is 0 Å². The molecule has 1 fully saturated rings. The van der Waals surface area contributed by atoms with Crippen LogP contribution in [0.1, 0.15) is 38.7 Å². The number of nitrogens with one attached hydrogen (secondary N) is 1. The molecule has 0 bridgehead atoms.